The summed E-state index contributed by atoms with van der Waals surface area (Å²) in [5, 5.41) is 7.27. The monoisotopic (exact) mass is 130 g/mol. The SMILES string of the molecule is [2H]C([2H])([2H])N1C(=N)N(C)CC1=O. The van der Waals surface area contributed by atoms with E-state index in [-0.39, 0.29) is 12.5 Å². The molecule has 0 aromatic rings. The van der Waals surface area contributed by atoms with Crippen molar-refractivity contribution < 1.29 is 8.91 Å². The van der Waals surface area contributed by atoms with Crippen LogP contribution in [0.25, 0.3) is 0 Å². The highest BCUT2D eigenvalue weighted by Crippen LogP contribution is 2.01. The van der Waals surface area contributed by atoms with E-state index in [1.165, 1.54) is 11.9 Å². The van der Waals surface area contributed by atoms with Crippen LogP contribution in [0.15, 0.2) is 0 Å². The first-order chi connectivity index (χ1) is 5.34. The maximum absolute atomic E-state index is 11.0. The lowest BCUT2D eigenvalue weighted by molar-refractivity contribution is -0.124. The van der Waals surface area contributed by atoms with Gasteiger partial charge in [-0.15, -0.1) is 0 Å². The predicted molar refractivity (Wildman–Crippen MR) is 33.1 cm³/mol. The molecule has 0 aromatic carbocycles. The Kier molecular flexibility index (Phi) is 0.610. The first-order valence-corrected chi connectivity index (χ1v) is 2.47. The zero-order valence-corrected chi connectivity index (χ0v) is 5.01. The van der Waals surface area contributed by atoms with Crippen LogP contribution in [0.4, 0.5) is 0 Å². The van der Waals surface area contributed by atoms with Crippen molar-refractivity contribution in [3.8, 4) is 0 Å². The topological polar surface area (TPSA) is 47.4 Å². The van der Waals surface area contributed by atoms with Crippen LogP contribution in [0.3, 0.4) is 0 Å². The van der Waals surface area contributed by atoms with E-state index in [0.29, 0.717) is 4.90 Å². The summed E-state index contributed by atoms with van der Waals surface area (Å²) in [6, 6.07) is 0. The fraction of sp³-hybridized carbons (Fsp3) is 0.600. The number of amides is 1. The van der Waals surface area contributed by atoms with E-state index in [1.807, 2.05) is 0 Å². The second kappa shape index (κ2) is 1.72. The average molecular weight is 130 g/mol. The third-order valence-electron chi connectivity index (χ3n) is 1.20. The number of guanidine groups is 1. The van der Waals surface area contributed by atoms with Crippen molar-refractivity contribution in [1.29, 1.82) is 5.41 Å². The van der Waals surface area contributed by atoms with Crippen molar-refractivity contribution in [3.05, 3.63) is 0 Å². The van der Waals surface area contributed by atoms with Crippen LogP contribution in [0.1, 0.15) is 4.11 Å². The van der Waals surface area contributed by atoms with Crippen molar-refractivity contribution in [3.63, 3.8) is 0 Å². The molecule has 1 aliphatic heterocycles. The lowest BCUT2D eigenvalue weighted by Gasteiger charge is -2.09. The van der Waals surface area contributed by atoms with E-state index < -0.39 is 12.9 Å². The number of rotatable bonds is 0. The van der Waals surface area contributed by atoms with Gasteiger partial charge in [0.25, 0.3) is 0 Å². The van der Waals surface area contributed by atoms with Gasteiger partial charge < -0.3 is 4.90 Å². The molecule has 50 valence electrons. The highest BCUT2D eigenvalue weighted by molar-refractivity contribution is 6.02. The number of nitrogens with one attached hydrogen (secondary N) is 1. The van der Waals surface area contributed by atoms with E-state index >= 15 is 0 Å². The van der Waals surface area contributed by atoms with Crippen LogP contribution in [0.5, 0.6) is 0 Å². The molecule has 4 heteroatoms. The molecule has 0 aromatic heterocycles. The van der Waals surface area contributed by atoms with E-state index in [2.05, 4.69) is 0 Å². The lowest BCUT2D eigenvalue weighted by atomic mass is 10.6. The summed E-state index contributed by atoms with van der Waals surface area (Å²) in [6.07, 6.45) is 0. The van der Waals surface area contributed by atoms with Crippen molar-refractivity contribution >= 4 is 11.9 Å². The molecule has 1 saturated heterocycles. The van der Waals surface area contributed by atoms with Crippen molar-refractivity contribution in [1.82, 2.24) is 9.80 Å². The third-order valence-corrected chi connectivity index (χ3v) is 1.20. The molecule has 1 N–H and O–H groups in total. The van der Waals surface area contributed by atoms with E-state index in [9.17, 15) is 4.79 Å². The van der Waals surface area contributed by atoms with Gasteiger partial charge >= 0.3 is 0 Å². The van der Waals surface area contributed by atoms with Gasteiger partial charge in [-0.3, -0.25) is 15.1 Å². The normalized spacial score (nSPS) is 26.1. The van der Waals surface area contributed by atoms with Crippen LogP contribution in [-0.4, -0.2) is 42.2 Å². The molecule has 0 radical (unpaired) electrons. The first kappa shape index (κ1) is 3.20. The zero-order chi connectivity index (χ0) is 9.52. The molecular weight excluding hydrogens is 118 g/mol. The Hall–Kier alpha value is -1.06. The Labute approximate surface area is 57.8 Å². The van der Waals surface area contributed by atoms with Gasteiger partial charge in [0, 0.05) is 18.1 Å². The average Bonchev–Trinajstić information content (AvgIpc) is 2.05. The van der Waals surface area contributed by atoms with E-state index in [1.54, 1.807) is 0 Å². The molecule has 0 unspecified atom stereocenters. The molecule has 0 bridgehead atoms. The minimum Gasteiger partial charge on any atom is -0.336 e. The summed E-state index contributed by atoms with van der Waals surface area (Å²) in [6.45, 7) is -2.56. The fourth-order valence-corrected chi connectivity index (χ4v) is 0.637. The van der Waals surface area contributed by atoms with Crippen LogP contribution < -0.4 is 0 Å². The van der Waals surface area contributed by atoms with Crippen LogP contribution in [-0.2, 0) is 4.79 Å². The molecule has 0 spiro atoms. The molecule has 1 amide bonds. The first-order valence-electron chi connectivity index (χ1n) is 3.97. The molecular formula is C5H9N3O. The van der Waals surface area contributed by atoms with Crippen LogP contribution in [0, 0.1) is 5.41 Å². The largest absolute Gasteiger partial charge is 0.336 e. The predicted octanol–water partition coefficient (Wildman–Crippen LogP) is -0.675. The minimum absolute atomic E-state index is 0.0305. The third kappa shape index (κ3) is 0.759. The zero-order valence-electron chi connectivity index (χ0n) is 8.01. The van der Waals surface area contributed by atoms with Crippen molar-refractivity contribution in [2.45, 2.75) is 0 Å². The highest BCUT2D eigenvalue weighted by atomic mass is 16.2. The number of hydrogen-bond acceptors (Lipinski definition) is 2. The second-order valence-electron chi connectivity index (χ2n) is 1.91. The van der Waals surface area contributed by atoms with Crippen molar-refractivity contribution in [2.24, 2.45) is 0 Å². The van der Waals surface area contributed by atoms with Gasteiger partial charge in [-0.2, -0.15) is 0 Å². The summed E-state index contributed by atoms with van der Waals surface area (Å²) in [4.78, 5) is 12.8. The smallest absolute Gasteiger partial charge is 0.248 e. The van der Waals surface area contributed by atoms with Gasteiger partial charge in [0.1, 0.15) is 0 Å². The van der Waals surface area contributed by atoms with Crippen LogP contribution in [0.2, 0.25) is 0 Å². The number of carbonyl (C=O) groups excluding carboxylic acids is 1. The Balaban J connectivity index is 2.92. The van der Waals surface area contributed by atoms with Gasteiger partial charge in [-0.1, -0.05) is 0 Å². The molecule has 0 aliphatic carbocycles. The Bertz CT molecular complexity index is 237. The maximum atomic E-state index is 11.0. The molecule has 1 heterocycles. The standard InChI is InChI=1S/C5H9N3O/c1-7-3-4(9)8(2)5(7)6/h6H,3H2,1-2H3/i2D3. The van der Waals surface area contributed by atoms with E-state index in [0.717, 1.165) is 0 Å². The van der Waals surface area contributed by atoms with Crippen LogP contribution >= 0.6 is 0 Å². The molecule has 1 aliphatic rings. The Morgan fingerprint density at radius 3 is 2.78 bits per heavy atom. The maximum Gasteiger partial charge on any atom is 0.248 e. The molecule has 4 nitrogen and oxygen atoms in total. The van der Waals surface area contributed by atoms with Gasteiger partial charge in [0.15, 0.2) is 0 Å². The number of carbonyl (C=O) groups is 1. The van der Waals surface area contributed by atoms with Crippen molar-refractivity contribution in [2.75, 3.05) is 20.6 Å². The van der Waals surface area contributed by atoms with E-state index in [4.69, 9.17) is 9.52 Å². The molecule has 0 atom stereocenters. The van der Waals surface area contributed by atoms with Gasteiger partial charge in [-0.05, 0) is 0 Å². The summed E-state index contributed by atoms with van der Waals surface area (Å²) in [5.41, 5.74) is 0. The molecule has 1 fully saturated rings. The second-order valence-corrected chi connectivity index (χ2v) is 1.91. The highest BCUT2D eigenvalue weighted by Gasteiger charge is 2.26. The molecule has 9 heavy (non-hydrogen) atoms. The lowest BCUT2D eigenvalue weighted by Crippen LogP contribution is -2.27. The minimum atomic E-state index is -2.53. The van der Waals surface area contributed by atoms with Gasteiger partial charge in [-0.25, -0.2) is 0 Å². The molecule has 0 saturated carbocycles. The number of hydrogen-bond donors (Lipinski definition) is 1. The summed E-state index contributed by atoms with van der Waals surface area (Å²) in [5.74, 6) is -0.817. The van der Waals surface area contributed by atoms with Gasteiger partial charge in [0.2, 0.25) is 11.9 Å². The Morgan fingerprint density at radius 2 is 2.56 bits per heavy atom. The summed E-state index contributed by atoms with van der Waals surface area (Å²) in [7, 11) is 1.51. The fourth-order valence-electron chi connectivity index (χ4n) is 0.637. The molecule has 1 rings (SSSR count). The number of likely N-dealkylation sites (N-methyl/N-ethyl adjacent to an activating group) is 2. The number of nitrogens with zero attached hydrogens (tertiary/aromatic N) is 2. The van der Waals surface area contributed by atoms with Gasteiger partial charge in [0.05, 0.1) is 6.54 Å². The summed E-state index contributed by atoms with van der Waals surface area (Å²) >= 11 is 0. The quantitative estimate of drug-likeness (QED) is 0.472. The summed E-state index contributed by atoms with van der Waals surface area (Å²) < 4.78 is 20.9. The Morgan fingerprint density at radius 1 is 1.89 bits per heavy atom.